The van der Waals surface area contributed by atoms with Gasteiger partial charge in [0.15, 0.2) is 0 Å². The van der Waals surface area contributed by atoms with Crippen LogP contribution >= 0.6 is 11.8 Å². The van der Waals surface area contributed by atoms with Crippen LogP contribution in [-0.2, 0) is 4.74 Å². The van der Waals surface area contributed by atoms with E-state index in [-0.39, 0.29) is 11.2 Å². The summed E-state index contributed by atoms with van der Waals surface area (Å²) in [5, 5.41) is 3.50. The number of hydrogen-bond donors (Lipinski definition) is 1. The first kappa shape index (κ1) is 15.3. The Bertz CT molecular complexity index is 240. The Labute approximate surface area is 111 Å². The molecule has 0 bridgehead atoms. The molecule has 2 atom stereocenters. The van der Waals surface area contributed by atoms with Crippen LogP contribution in [0.5, 0.6) is 0 Å². The van der Waals surface area contributed by atoms with Gasteiger partial charge in [-0.25, -0.2) is 0 Å². The molecule has 0 aliphatic carbocycles. The number of thioether (sulfide) groups is 1. The van der Waals surface area contributed by atoms with Gasteiger partial charge < -0.3 is 10.1 Å². The standard InChI is InChI=1S/C14H29NOS/c1-7-8-17-10-12(15-6)11-9-13(2,3)16-14(11,4)5/h11-12,15H,7-10H2,1-6H3. The fourth-order valence-electron chi connectivity index (χ4n) is 2.99. The third-order valence-corrected chi connectivity index (χ3v) is 4.94. The van der Waals surface area contributed by atoms with Gasteiger partial charge in [0.05, 0.1) is 11.2 Å². The molecule has 102 valence electrons. The van der Waals surface area contributed by atoms with Gasteiger partial charge in [-0.3, -0.25) is 0 Å². The lowest BCUT2D eigenvalue weighted by molar-refractivity contribution is -0.0767. The molecule has 1 aliphatic rings. The molecule has 1 fully saturated rings. The van der Waals surface area contributed by atoms with Gasteiger partial charge in [0.2, 0.25) is 0 Å². The van der Waals surface area contributed by atoms with Crippen molar-refractivity contribution >= 4 is 11.8 Å². The van der Waals surface area contributed by atoms with Crippen LogP contribution < -0.4 is 5.32 Å². The lowest BCUT2D eigenvalue weighted by Crippen LogP contribution is -2.44. The molecule has 1 rings (SSSR count). The molecule has 1 saturated heterocycles. The first-order chi connectivity index (χ1) is 7.82. The summed E-state index contributed by atoms with van der Waals surface area (Å²) in [5.74, 6) is 3.06. The second-order valence-electron chi connectivity index (χ2n) is 6.25. The smallest absolute Gasteiger partial charge is 0.0678 e. The van der Waals surface area contributed by atoms with Crippen molar-refractivity contribution in [2.45, 2.75) is 64.7 Å². The van der Waals surface area contributed by atoms with Crippen LogP contribution in [0.3, 0.4) is 0 Å². The maximum absolute atomic E-state index is 6.19. The minimum absolute atomic E-state index is 0.00997. The Kier molecular flexibility index (Phi) is 5.36. The Morgan fingerprint density at radius 2 is 2.00 bits per heavy atom. The molecular weight excluding hydrogens is 230 g/mol. The van der Waals surface area contributed by atoms with E-state index in [0.29, 0.717) is 12.0 Å². The summed E-state index contributed by atoms with van der Waals surface area (Å²) in [5.41, 5.74) is 0.0165. The molecule has 0 saturated carbocycles. The van der Waals surface area contributed by atoms with Crippen molar-refractivity contribution in [1.82, 2.24) is 5.32 Å². The minimum atomic E-state index is -0.00997. The predicted octanol–water partition coefficient (Wildman–Crippen LogP) is 3.31. The van der Waals surface area contributed by atoms with E-state index in [2.05, 4.69) is 58.7 Å². The summed E-state index contributed by atoms with van der Waals surface area (Å²) in [6.07, 6.45) is 2.41. The van der Waals surface area contributed by atoms with Gasteiger partial charge in [0.25, 0.3) is 0 Å². The molecule has 0 spiro atoms. The highest BCUT2D eigenvalue weighted by Crippen LogP contribution is 2.43. The summed E-state index contributed by atoms with van der Waals surface area (Å²) < 4.78 is 6.19. The first-order valence-corrected chi connectivity index (χ1v) is 7.93. The monoisotopic (exact) mass is 259 g/mol. The summed E-state index contributed by atoms with van der Waals surface area (Å²) in [4.78, 5) is 0. The third kappa shape index (κ3) is 4.15. The quantitative estimate of drug-likeness (QED) is 0.740. The van der Waals surface area contributed by atoms with E-state index in [1.54, 1.807) is 0 Å². The molecule has 1 heterocycles. The second kappa shape index (κ2) is 5.94. The molecule has 17 heavy (non-hydrogen) atoms. The van der Waals surface area contributed by atoms with Crippen LogP contribution in [0.1, 0.15) is 47.5 Å². The van der Waals surface area contributed by atoms with Crippen LogP contribution in [0.2, 0.25) is 0 Å². The molecule has 0 amide bonds. The van der Waals surface area contributed by atoms with Crippen molar-refractivity contribution in [3.8, 4) is 0 Å². The maximum atomic E-state index is 6.19. The zero-order chi connectivity index (χ0) is 13.1. The molecule has 0 radical (unpaired) electrons. The van der Waals surface area contributed by atoms with E-state index >= 15 is 0 Å². The van der Waals surface area contributed by atoms with Crippen molar-refractivity contribution in [1.29, 1.82) is 0 Å². The number of rotatable bonds is 6. The van der Waals surface area contributed by atoms with Gasteiger partial charge in [0.1, 0.15) is 0 Å². The van der Waals surface area contributed by atoms with Gasteiger partial charge in [-0.2, -0.15) is 11.8 Å². The molecule has 2 nitrogen and oxygen atoms in total. The van der Waals surface area contributed by atoms with Crippen LogP contribution in [-0.4, -0.2) is 35.8 Å². The second-order valence-corrected chi connectivity index (χ2v) is 7.40. The Hall–Kier alpha value is 0.270. The fraction of sp³-hybridized carbons (Fsp3) is 1.00. The summed E-state index contributed by atoms with van der Waals surface area (Å²) in [6.45, 7) is 11.1. The largest absolute Gasteiger partial charge is 0.369 e. The number of nitrogens with one attached hydrogen (secondary N) is 1. The van der Waals surface area contributed by atoms with Crippen molar-refractivity contribution in [3.05, 3.63) is 0 Å². The molecule has 0 aromatic rings. The van der Waals surface area contributed by atoms with Gasteiger partial charge in [-0.05, 0) is 53.3 Å². The lowest BCUT2D eigenvalue weighted by Gasteiger charge is -2.32. The van der Waals surface area contributed by atoms with Crippen molar-refractivity contribution < 1.29 is 4.74 Å². The number of hydrogen-bond acceptors (Lipinski definition) is 3. The van der Waals surface area contributed by atoms with Crippen molar-refractivity contribution in [3.63, 3.8) is 0 Å². The molecule has 1 N–H and O–H groups in total. The Balaban J connectivity index is 2.62. The average molecular weight is 259 g/mol. The highest BCUT2D eigenvalue weighted by atomic mass is 32.2. The summed E-state index contributed by atoms with van der Waals surface area (Å²) in [7, 11) is 2.08. The summed E-state index contributed by atoms with van der Waals surface area (Å²) in [6, 6.07) is 0.559. The van der Waals surface area contributed by atoms with E-state index in [0.717, 1.165) is 6.42 Å². The Morgan fingerprint density at radius 1 is 1.35 bits per heavy atom. The average Bonchev–Trinajstić information content (AvgIpc) is 2.42. The summed E-state index contributed by atoms with van der Waals surface area (Å²) >= 11 is 2.06. The molecule has 0 aromatic heterocycles. The van der Waals surface area contributed by atoms with Gasteiger partial charge >= 0.3 is 0 Å². The molecular formula is C14H29NOS. The van der Waals surface area contributed by atoms with Crippen LogP contribution in [0, 0.1) is 5.92 Å². The first-order valence-electron chi connectivity index (χ1n) is 6.77. The fourth-order valence-corrected chi connectivity index (χ4v) is 4.10. The van der Waals surface area contributed by atoms with Crippen LogP contribution in [0.4, 0.5) is 0 Å². The van der Waals surface area contributed by atoms with Gasteiger partial charge in [-0.1, -0.05) is 6.92 Å². The predicted molar refractivity (Wildman–Crippen MR) is 77.8 cm³/mol. The number of ether oxygens (including phenoxy) is 1. The molecule has 0 aromatic carbocycles. The third-order valence-electron chi connectivity index (χ3n) is 3.65. The van der Waals surface area contributed by atoms with Gasteiger partial charge in [-0.15, -0.1) is 0 Å². The van der Waals surface area contributed by atoms with E-state index in [1.807, 2.05) is 0 Å². The highest BCUT2D eigenvalue weighted by molar-refractivity contribution is 7.99. The minimum Gasteiger partial charge on any atom is -0.369 e. The van der Waals surface area contributed by atoms with E-state index < -0.39 is 0 Å². The maximum Gasteiger partial charge on any atom is 0.0678 e. The Morgan fingerprint density at radius 3 is 2.41 bits per heavy atom. The van der Waals surface area contributed by atoms with Gasteiger partial charge in [0, 0.05) is 17.7 Å². The molecule has 1 aliphatic heterocycles. The van der Waals surface area contributed by atoms with E-state index in [9.17, 15) is 0 Å². The topological polar surface area (TPSA) is 21.3 Å². The highest BCUT2D eigenvalue weighted by Gasteiger charge is 2.48. The molecule has 2 unspecified atom stereocenters. The van der Waals surface area contributed by atoms with Crippen molar-refractivity contribution in [2.24, 2.45) is 5.92 Å². The van der Waals surface area contributed by atoms with Crippen molar-refractivity contribution in [2.75, 3.05) is 18.6 Å². The van der Waals surface area contributed by atoms with E-state index in [4.69, 9.17) is 4.74 Å². The van der Waals surface area contributed by atoms with Crippen LogP contribution in [0.15, 0.2) is 0 Å². The normalized spacial score (nSPS) is 28.2. The zero-order valence-corrected chi connectivity index (χ0v) is 13.1. The van der Waals surface area contributed by atoms with Crippen LogP contribution in [0.25, 0.3) is 0 Å². The lowest BCUT2D eigenvalue weighted by atomic mass is 9.82. The molecule has 3 heteroatoms. The van der Waals surface area contributed by atoms with E-state index in [1.165, 1.54) is 17.9 Å². The SMILES string of the molecule is CCCSCC(NC)C1CC(C)(C)OC1(C)C. The zero-order valence-electron chi connectivity index (χ0n) is 12.3.